The number of carbonyl (C=O) groups excluding carboxylic acids is 1. The minimum Gasteiger partial charge on any atom is -0.370 e. The van der Waals surface area contributed by atoms with Gasteiger partial charge in [-0.25, -0.2) is 4.98 Å². The molecule has 6 heteroatoms. The molecule has 3 rings (SSSR count). The van der Waals surface area contributed by atoms with Gasteiger partial charge in [0.05, 0.1) is 5.52 Å². The van der Waals surface area contributed by atoms with E-state index in [0.29, 0.717) is 5.02 Å². The topological polar surface area (TPSA) is 54.0 Å². The summed E-state index contributed by atoms with van der Waals surface area (Å²) < 4.78 is 0. The lowest BCUT2D eigenvalue weighted by atomic mass is 10.1. The number of amides is 1. The molecule has 0 aliphatic heterocycles. The van der Waals surface area contributed by atoms with Gasteiger partial charge in [0.15, 0.2) is 0 Å². The van der Waals surface area contributed by atoms with Crippen LogP contribution in [0, 0.1) is 6.92 Å². The molecule has 0 aliphatic rings. The molecule has 0 atom stereocenters. The Morgan fingerprint density at radius 3 is 2.59 bits per heavy atom. The van der Waals surface area contributed by atoms with Gasteiger partial charge < -0.3 is 10.6 Å². The summed E-state index contributed by atoms with van der Waals surface area (Å²) in [5, 5.41) is 7.79. The molecule has 4 nitrogen and oxygen atoms in total. The molecule has 0 saturated carbocycles. The van der Waals surface area contributed by atoms with Gasteiger partial charge in [-0.3, -0.25) is 4.79 Å². The highest BCUT2D eigenvalue weighted by atomic mass is 35.5. The van der Waals surface area contributed by atoms with Crippen molar-refractivity contribution in [3.63, 3.8) is 0 Å². The molecule has 0 fully saturated rings. The Balaban J connectivity index is 0.00000261. The van der Waals surface area contributed by atoms with E-state index in [4.69, 9.17) is 11.6 Å². The van der Waals surface area contributed by atoms with Crippen molar-refractivity contribution in [3.05, 3.63) is 70.8 Å². The third-order valence-corrected chi connectivity index (χ3v) is 4.17. The fraction of sp³-hybridized carbons (Fsp3) is 0.143. The van der Waals surface area contributed by atoms with Crippen LogP contribution in [0.4, 0.5) is 11.5 Å². The summed E-state index contributed by atoms with van der Waals surface area (Å²) in [6, 6.07) is 15.1. The maximum absolute atomic E-state index is 12.1. The number of nitrogens with one attached hydrogen (secondary N) is 2. The highest BCUT2D eigenvalue weighted by Crippen LogP contribution is 2.23. The molecule has 0 saturated heterocycles. The van der Waals surface area contributed by atoms with Crippen molar-refractivity contribution in [2.45, 2.75) is 13.8 Å². The summed E-state index contributed by atoms with van der Waals surface area (Å²) in [5.74, 6) is 0.705. The van der Waals surface area contributed by atoms with Crippen LogP contribution < -0.4 is 10.6 Å². The van der Waals surface area contributed by atoms with E-state index in [1.807, 2.05) is 44.2 Å². The normalized spacial score (nSPS) is 10.6. The molecule has 1 heterocycles. The van der Waals surface area contributed by atoms with Crippen molar-refractivity contribution in [3.8, 4) is 0 Å². The number of benzene rings is 2. The van der Waals surface area contributed by atoms with Crippen LogP contribution >= 0.6 is 24.0 Å². The second-order valence-electron chi connectivity index (χ2n) is 5.97. The van der Waals surface area contributed by atoms with E-state index in [2.05, 4.69) is 21.7 Å². The number of hydrogen-bond donors (Lipinski definition) is 2. The Kier molecular flexibility index (Phi) is 7.22. The molecule has 27 heavy (non-hydrogen) atoms. The predicted molar refractivity (Wildman–Crippen MR) is 117 cm³/mol. The lowest BCUT2D eigenvalue weighted by Crippen LogP contribution is -2.07. The summed E-state index contributed by atoms with van der Waals surface area (Å²) in [6.07, 6.45) is 3.26. The lowest BCUT2D eigenvalue weighted by Gasteiger charge is -2.09. The standard InChI is InChI=1S/C21H20ClN3O.ClH/c1-3-23-21-14(2)12-16-13-18(9-10-19(16)25-21)24-20(26)11-6-15-4-7-17(22)8-5-15;/h4-13H,3H2,1-2H3,(H,23,25)(H,24,26);1H/b11-6+;. The van der Waals surface area contributed by atoms with Gasteiger partial charge in [0, 0.05) is 28.7 Å². The first kappa shape index (κ1) is 20.7. The highest BCUT2D eigenvalue weighted by molar-refractivity contribution is 6.30. The average Bonchev–Trinajstić information content (AvgIpc) is 2.62. The predicted octanol–water partition coefficient (Wildman–Crippen LogP) is 5.70. The number of fused-ring (bicyclic) bond motifs is 1. The van der Waals surface area contributed by atoms with Gasteiger partial charge in [-0.15, -0.1) is 12.4 Å². The average molecular weight is 402 g/mol. The Morgan fingerprint density at radius 2 is 1.89 bits per heavy atom. The Labute approximate surface area is 170 Å². The summed E-state index contributed by atoms with van der Waals surface area (Å²) in [6.45, 7) is 4.89. The SMILES string of the molecule is CCNc1nc2ccc(NC(=O)/C=C/c3ccc(Cl)cc3)cc2cc1C.Cl. The van der Waals surface area contributed by atoms with Crippen LogP contribution in [0.1, 0.15) is 18.1 Å². The molecular formula is C21H21Cl2N3O. The van der Waals surface area contributed by atoms with Gasteiger partial charge in [-0.05, 0) is 67.4 Å². The number of carbonyl (C=O) groups is 1. The number of halogens is 2. The van der Waals surface area contributed by atoms with Crippen LogP contribution in [0.5, 0.6) is 0 Å². The summed E-state index contributed by atoms with van der Waals surface area (Å²) in [4.78, 5) is 16.8. The molecule has 0 spiro atoms. The largest absolute Gasteiger partial charge is 0.370 e. The smallest absolute Gasteiger partial charge is 0.248 e. The number of hydrogen-bond acceptors (Lipinski definition) is 3. The first-order chi connectivity index (χ1) is 12.5. The zero-order valence-electron chi connectivity index (χ0n) is 15.1. The second kappa shape index (κ2) is 9.40. The number of aryl methyl sites for hydroxylation is 1. The third kappa shape index (κ3) is 5.46. The quantitative estimate of drug-likeness (QED) is 0.538. The Morgan fingerprint density at radius 1 is 1.15 bits per heavy atom. The lowest BCUT2D eigenvalue weighted by molar-refractivity contribution is -0.111. The maximum Gasteiger partial charge on any atom is 0.248 e. The first-order valence-corrected chi connectivity index (χ1v) is 8.83. The van der Waals surface area contributed by atoms with Crippen LogP contribution in [0.25, 0.3) is 17.0 Å². The monoisotopic (exact) mass is 401 g/mol. The van der Waals surface area contributed by atoms with Crippen molar-refractivity contribution in [2.24, 2.45) is 0 Å². The van der Waals surface area contributed by atoms with Crippen molar-refractivity contribution >= 4 is 58.4 Å². The molecule has 0 unspecified atom stereocenters. The van der Waals surface area contributed by atoms with Gasteiger partial charge in [-0.2, -0.15) is 0 Å². The van der Waals surface area contributed by atoms with Crippen molar-refractivity contribution in [2.75, 3.05) is 17.2 Å². The third-order valence-electron chi connectivity index (χ3n) is 3.91. The second-order valence-corrected chi connectivity index (χ2v) is 6.40. The molecule has 2 N–H and O–H groups in total. The summed E-state index contributed by atoms with van der Waals surface area (Å²) in [5.41, 5.74) is 3.62. The minimum absolute atomic E-state index is 0. The van der Waals surface area contributed by atoms with Crippen molar-refractivity contribution in [1.82, 2.24) is 4.98 Å². The summed E-state index contributed by atoms with van der Waals surface area (Å²) >= 11 is 5.86. The fourth-order valence-corrected chi connectivity index (χ4v) is 2.76. The summed E-state index contributed by atoms with van der Waals surface area (Å²) in [7, 11) is 0. The van der Waals surface area contributed by atoms with E-state index in [1.165, 1.54) is 6.08 Å². The Hall–Kier alpha value is -2.56. The van der Waals surface area contributed by atoms with Crippen LogP contribution in [0.3, 0.4) is 0 Å². The van der Waals surface area contributed by atoms with Crippen LogP contribution in [-0.4, -0.2) is 17.4 Å². The van der Waals surface area contributed by atoms with Gasteiger partial charge >= 0.3 is 0 Å². The van der Waals surface area contributed by atoms with Crippen LogP contribution in [0.15, 0.2) is 54.6 Å². The number of rotatable bonds is 5. The maximum atomic E-state index is 12.1. The number of aromatic nitrogens is 1. The van der Waals surface area contributed by atoms with Gasteiger partial charge in [0.2, 0.25) is 5.91 Å². The number of nitrogens with zero attached hydrogens (tertiary/aromatic N) is 1. The van der Waals surface area contributed by atoms with E-state index < -0.39 is 0 Å². The number of pyridine rings is 1. The molecule has 0 bridgehead atoms. The van der Waals surface area contributed by atoms with Gasteiger partial charge in [0.25, 0.3) is 0 Å². The first-order valence-electron chi connectivity index (χ1n) is 8.45. The molecule has 2 aromatic carbocycles. The molecule has 140 valence electrons. The van der Waals surface area contributed by atoms with E-state index in [0.717, 1.165) is 40.1 Å². The molecule has 1 aromatic heterocycles. The Bertz CT molecular complexity index is 969. The van der Waals surface area contributed by atoms with E-state index >= 15 is 0 Å². The van der Waals surface area contributed by atoms with E-state index in [-0.39, 0.29) is 18.3 Å². The van der Waals surface area contributed by atoms with Gasteiger partial charge in [0.1, 0.15) is 5.82 Å². The molecule has 3 aromatic rings. The number of anilines is 2. The molecular weight excluding hydrogens is 381 g/mol. The molecule has 0 radical (unpaired) electrons. The van der Waals surface area contributed by atoms with E-state index in [1.54, 1.807) is 18.2 Å². The zero-order valence-corrected chi connectivity index (χ0v) is 16.7. The van der Waals surface area contributed by atoms with Crippen molar-refractivity contribution < 1.29 is 4.79 Å². The fourth-order valence-electron chi connectivity index (χ4n) is 2.64. The van der Waals surface area contributed by atoms with Crippen LogP contribution in [0.2, 0.25) is 5.02 Å². The van der Waals surface area contributed by atoms with Gasteiger partial charge in [-0.1, -0.05) is 23.7 Å². The molecule has 0 aliphatic carbocycles. The zero-order chi connectivity index (χ0) is 18.5. The molecule has 1 amide bonds. The van der Waals surface area contributed by atoms with Crippen LogP contribution in [-0.2, 0) is 4.79 Å². The minimum atomic E-state index is -0.187. The van der Waals surface area contributed by atoms with Crippen molar-refractivity contribution in [1.29, 1.82) is 0 Å². The highest BCUT2D eigenvalue weighted by Gasteiger charge is 2.05. The van der Waals surface area contributed by atoms with E-state index in [9.17, 15) is 4.79 Å².